The first-order valence-corrected chi connectivity index (χ1v) is 8.55. The van der Waals surface area contributed by atoms with Crippen molar-refractivity contribution in [3.05, 3.63) is 29.8 Å². The molecular weight excluding hydrogens is 276 g/mol. The summed E-state index contributed by atoms with van der Waals surface area (Å²) in [6.07, 6.45) is 1.83. The van der Waals surface area contributed by atoms with Gasteiger partial charge in [-0.2, -0.15) is 0 Å². The molecule has 1 aromatic rings. The maximum Gasteiger partial charge on any atom is 0.119 e. The van der Waals surface area contributed by atoms with Crippen molar-refractivity contribution in [3.63, 3.8) is 0 Å². The molecule has 2 rings (SSSR count). The van der Waals surface area contributed by atoms with Crippen LogP contribution in [0.5, 0.6) is 5.75 Å². The van der Waals surface area contributed by atoms with Crippen LogP contribution in [-0.2, 0) is 6.42 Å². The van der Waals surface area contributed by atoms with Crippen molar-refractivity contribution in [2.24, 2.45) is 0 Å². The Labute approximate surface area is 134 Å². The van der Waals surface area contributed by atoms with E-state index in [0.29, 0.717) is 13.2 Å². The Morgan fingerprint density at radius 1 is 1.05 bits per heavy atom. The molecule has 1 aromatic carbocycles. The summed E-state index contributed by atoms with van der Waals surface area (Å²) < 4.78 is 5.70. The molecule has 0 aliphatic carbocycles. The minimum absolute atomic E-state index is 0.362. The van der Waals surface area contributed by atoms with Gasteiger partial charge in [-0.05, 0) is 30.7 Å². The van der Waals surface area contributed by atoms with Crippen molar-refractivity contribution in [2.45, 2.75) is 32.8 Å². The maximum absolute atomic E-state index is 10.1. The van der Waals surface area contributed by atoms with E-state index in [1.54, 1.807) is 0 Å². The summed E-state index contributed by atoms with van der Waals surface area (Å²) in [4.78, 5) is 4.77. The summed E-state index contributed by atoms with van der Waals surface area (Å²) >= 11 is 0. The Bertz CT molecular complexity index is 414. The lowest BCUT2D eigenvalue weighted by molar-refractivity contribution is 0.0471. The number of aliphatic hydroxyl groups excluding tert-OH is 1. The van der Waals surface area contributed by atoms with Gasteiger partial charge in [-0.3, -0.25) is 4.90 Å². The molecule has 1 aliphatic heterocycles. The second kappa shape index (κ2) is 9.13. The van der Waals surface area contributed by atoms with Crippen LogP contribution in [-0.4, -0.2) is 66.9 Å². The molecule has 1 N–H and O–H groups in total. The molecule has 0 bridgehead atoms. The highest BCUT2D eigenvalue weighted by atomic mass is 16.5. The van der Waals surface area contributed by atoms with Gasteiger partial charge in [0, 0.05) is 32.7 Å². The van der Waals surface area contributed by atoms with Crippen LogP contribution in [0.3, 0.4) is 0 Å². The van der Waals surface area contributed by atoms with Crippen molar-refractivity contribution in [3.8, 4) is 5.75 Å². The van der Waals surface area contributed by atoms with Gasteiger partial charge in [0.15, 0.2) is 0 Å². The van der Waals surface area contributed by atoms with Crippen LogP contribution in [0.15, 0.2) is 24.3 Å². The van der Waals surface area contributed by atoms with Crippen molar-refractivity contribution < 1.29 is 9.84 Å². The first kappa shape index (κ1) is 17.3. The Balaban J connectivity index is 1.68. The number of hydrogen-bond donors (Lipinski definition) is 1. The van der Waals surface area contributed by atoms with E-state index in [0.717, 1.165) is 51.3 Å². The SMILES string of the molecule is CCCc1ccc(OC[C@@H](O)CN2CCN(CC)CC2)cc1. The number of ether oxygens (including phenoxy) is 1. The zero-order valence-corrected chi connectivity index (χ0v) is 14.0. The summed E-state index contributed by atoms with van der Waals surface area (Å²) in [7, 11) is 0. The highest BCUT2D eigenvalue weighted by molar-refractivity contribution is 5.27. The molecule has 1 aliphatic rings. The predicted molar refractivity (Wildman–Crippen MR) is 90.5 cm³/mol. The minimum atomic E-state index is -0.427. The number of nitrogens with zero attached hydrogens (tertiary/aromatic N) is 2. The number of likely N-dealkylation sites (N-methyl/N-ethyl adjacent to an activating group) is 1. The monoisotopic (exact) mass is 306 g/mol. The van der Waals surface area contributed by atoms with E-state index in [-0.39, 0.29) is 0 Å². The second-order valence-corrected chi connectivity index (χ2v) is 6.09. The average molecular weight is 306 g/mol. The third-order valence-electron chi connectivity index (χ3n) is 4.29. The molecule has 0 saturated carbocycles. The van der Waals surface area contributed by atoms with E-state index < -0.39 is 6.10 Å². The number of aliphatic hydroxyl groups is 1. The maximum atomic E-state index is 10.1. The number of rotatable bonds is 8. The summed E-state index contributed by atoms with van der Waals surface area (Å²) in [5.74, 6) is 0.842. The van der Waals surface area contributed by atoms with Crippen LogP contribution < -0.4 is 4.74 Å². The van der Waals surface area contributed by atoms with E-state index >= 15 is 0 Å². The van der Waals surface area contributed by atoms with Gasteiger partial charge >= 0.3 is 0 Å². The molecule has 0 radical (unpaired) electrons. The fourth-order valence-electron chi connectivity index (χ4n) is 2.87. The van der Waals surface area contributed by atoms with Crippen LogP contribution in [0.25, 0.3) is 0 Å². The van der Waals surface area contributed by atoms with Gasteiger partial charge in [0.2, 0.25) is 0 Å². The molecule has 1 saturated heterocycles. The first-order chi connectivity index (χ1) is 10.7. The van der Waals surface area contributed by atoms with Crippen LogP contribution >= 0.6 is 0 Å². The molecule has 0 amide bonds. The normalized spacial score (nSPS) is 18.3. The minimum Gasteiger partial charge on any atom is -0.491 e. The lowest BCUT2D eigenvalue weighted by atomic mass is 10.1. The summed E-state index contributed by atoms with van der Waals surface area (Å²) in [6, 6.07) is 8.21. The zero-order chi connectivity index (χ0) is 15.8. The van der Waals surface area contributed by atoms with Crippen LogP contribution in [0.1, 0.15) is 25.8 Å². The Hall–Kier alpha value is -1.10. The molecule has 0 unspecified atom stereocenters. The van der Waals surface area contributed by atoms with Gasteiger partial charge in [-0.15, -0.1) is 0 Å². The summed E-state index contributed by atoms with van der Waals surface area (Å²) in [5, 5.41) is 10.1. The molecule has 4 heteroatoms. The molecular formula is C18H30N2O2. The smallest absolute Gasteiger partial charge is 0.119 e. The molecule has 1 atom stereocenters. The highest BCUT2D eigenvalue weighted by Gasteiger charge is 2.18. The topological polar surface area (TPSA) is 35.9 Å². The number of piperazine rings is 1. The number of benzene rings is 1. The van der Waals surface area contributed by atoms with Crippen molar-refractivity contribution in [1.29, 1.82) is 0 Å². The Kier molecular flexibility index (Phi) is 7.16. The van der Waals surface area contributed by atoms with Crippen molar-refractivity contribution in [2.75, 3.05) is 45.9 Å². The van der Waals surface area contributed by atoms with E-state index in [4.69, 9.17) is 4.74 Å². The highest BCUT2D eigenvalue weighted by Crippen LogP contribution is 2.14. The molecule has 0 aromatic heterocycles. The summed E-state index contributed by atoms with van der Waals surface area (Å²) in [6.45, 7) is 10.8. The van der Waals surface area contributed by atoms with Gasteiger partial charge in [-0.25, -0.2) is 0 Å². The Morgan fingerprint density at radius 2 is 1.68 bits per heavy atom. The standard InChI is InChI=1S/C18H30N2O2/c1-3-5-16-6-8-18(9-7-16)22-15-17(21)14-20-12-10-19(4-2)11-13-20/h6-9,17,21H,3-5,10-15H2,1-2H3/t17-/m0/s1. The quantitative estimate of drug-likeness (QED) is 0.797. The predicted octanol–water partition coefficient (Wildman–Crippen LogP) is 2.02. The average Bonchev–Trinajstić information content (AvgIpc) is 2.55. The first-order valence-electron chi connectivity index (χ1n) is 8.55. The zero-order valence-electron chi connectivity index (χ0n) is 14.0. The third kappa shape index (κ3) is 5.59. The van der Waals surface area contributed by atoms with Crippen molar-refractivity contribution >= 4 is 0 Å². The number of β-amino-alcohol motifs (C(OH)–C–C–N with tert-alkyl or cyclic N) is 1. The number of hydrogen-bond acceptors (Lipinski definition) is 4. The van der Waals surface area contributed by atoms with Gasteiger partial charge < -0.3 is 14.7 Å². The lowest BCUT2D eigenvalue weighted by Crippen LogP contribution is -2.49. The van der Waals surface area contributed by atoms with Gasteiger partial charge in [-0.1, -0.05) is 32.4 Å². The molecule has 0 spiro atoms. The van der Waals surface area contributed by atoms with Crippen molar-refractivity contribution in [1.82, 2.24) is 9.80 Å². The molecule has 1 heterocycles. The molecule has 124 valence electrons. The van der Waals surface area contributed by atoms with Gasteiger partial charge in [0.1, 0.15) is 18.5 Å². The van der Waals surface area contributed by atoms with E-state index in [1.165, 1.54) is 5.56 Å². The van der Waals surface area contributed by atoms with E-state index in [2.05, 4.69) is 35.8 Å². The molecule has 22 heavy (non-hydrogen) atoms. The molecule has 1 fully saturated rings. The van der Waals surface area contributed by atoms with Gasteiger partial charge in [0.05, 0.1) is 0 Å². The lowest BCUT2D eigenvalue weighted by Gasteiger charge is -2.34. The largest absolute Gasteiger partial charge is 0.491 e. The van der Waals surface area contributed by atoms with Crippen LogP contribution in [0.2, 0.25) is 0 Å². The fourth-order valence-corrected chi connectivity index (χ4v) is 2.87. The second-order valence-electron chi connectivity index (χ2n) is 6.09. The van der Waals surface area contributed by atoms with E-state index in [1.807, 2.05) is 12.1 Å². The van der Waals surface area contributed by atoms with E-state index in [9.17, 15) is 5.11 Å². The van der Waals surface area contributed by atoms with Crippen LogP contribution in [0.4, 0.5) is 0 Å². The fraction of sp³-hybridized carbons (Fsp3) is 0.667. The van der Waals surface area contributed by atoms with Crippen LogP contribution in [0, 0.1) is 0 Å². The summed E-state index contributed by atoms with van der Waals surface area (Å²) in [5.41, 5.74) is 1.34. The molecule has 4 nitrogen and oxygen atoms in total. The van der Waals surface area contributed by atoms with Gasteiger partial charge in [0.25, 0.3) is 0 Å². The third-order valence-corrected chi connectivity index (χ3v) is 4.29. The Morgan fingerprint density at radius 3 is 2.27 bits per heavy atom. The number of aryl methyl sites for hydroxylation is 1.